The number of hydrogen-bond acceptors (Lipinski definition) is 5. The lowest BCUT2D eigenvalue weighted by molar-refractivity contribution is -0.135. The van der Waals surface area contributed by atoms with Crippen LogP contribution in [0.25, 0.3) is 0 Å². The minimum Gasteiger partial charge on any atom is -0.452 e. The fourth-order valence-electron chi connectivity index (χ4n) is 3.01. The molecular weight excluding hydrogens is 423 g/mol. The molecule has 7 nitrogen and oxygen atoms in total. The summed E-state index contributed by atoms with van der Waals surface area (Å²) < 4.78 is 45.7. The molecule has 0 spiro atoms. The van der Waals surface area contributed by atoms with Crippen molar-refractivity contribution in [2.24, 2.45) is 0 Å². The molecule has 0 unspecified atom stereocenters. The van der Waals surface area contributed by atoms with Gasteiger partial charge in [0.05, 0.1) is 10.5 Å². The lowest BCUT2D eigenvalue weighted by atomic mass is 10.2. The fraction of sp³-hybridized carbons (Fsp3) is 0.364. The Kier molecular flexibility index (Phi) is 8.70. The number of amides is 1. The van der Waals surface area contributed by atoms with E-state index in [1.54, 1.807) is 20.8 Å². The second kappa shape index (κ2) is 11.0. The van der Waals surface area contributed by atoms with Crippen molar-refractivity contribution >= 4 is 21.9 Å². The molecule has 168 valence electrons. The first kappa shape index (κ1) is 24.5. The van der Waals surface area contributed by atoms with Crippen molar-refractivity contribution in [3.05, 3.63) is 65.5 Å². The summed E-state index contributed by atoms with van der Waals surface area (Å²) in [7, 11) is -3.87. The van der Waals surface area contributed by atoms with Gasteiger partial charge in [-0.25, -0.2) is 17.6 Å². The molecule has 0 bridgehead atoms. The van der Waals surface area contributed by atoms with Gasteiger partial charge in [0.25, 0.3) is 5.91 Å². The molecule has 0 saturated heterocycles. The maximum Gasteiger partial charge on any atom is 0.341 e. The number of nitrogens with zero attached hydrogens (tertiary/aromatic N) is 2. The molecule has 1 amide bonds. The van der Waals surface area contributed by atoms with E-state index >= 15 is 0 Å². The Labute approximate surface area is 182 Å². The molecular formula is C22H27FN2O5S. The van der Waals surface area contributed by atoms with Gasteiger partial charge in [0.15, 0.2) is 6.61 Å². The van der Waals surface area contributed by atoms with E-state index < -0.39 is 39.9 Å². The summed E-state index contributed by atoms with van der Waals surface area (Å²) in [5, 5.41) is 0. The molecule has 0 radical (unpaired) electrons. The lowest BCUT2D eigenvalue weighted by Crippen LogP contribution is -2.34. The van der Waals surface area contributed by atoms with Crippen LogP contribution in [0, 0.1) is 5.82 Å². The highest BCUT2D eigenvalue weighted by Gasteiger charge is 2.25. The van der Waals surface area contributed by atoms with Crippen LogP contribution in [0.2, 0.25) is 0 Å². The minimum atomic E-state index is -3.87. The Bertz CT molecular complexity index is 1010. The predicted molar refractivity (Wildman–Crippen MR) is 114 cm³/mol. The van der Waals surface area contributed by atoms with Crippen molar-refractivity contribution < 1.29 is 27.1 Å². The molecule has 31 heavy (non-hydrogen) atoms. The highest BCUT2D eigenvalue weighted by molar-refractivity contribution is 7.89. The largest absolute Gasteiger partial charge is 0.452 e. The van der Waals surface area contributed by atoms with Crippen molar-refractivity contribution in [1.29, 1.82) is 0 Å². The zero-order chi connectivity index (χ0) is 23.0. The van der Waals surface area contributed by atoms with Gasteiger partial charge < -0.3 is 9.64 Å². The number of likely N-dealkylation sites (N-methyl/N-ethyl adjacent to an activating group) is 1. The summed E-state index contributed by atoms with van der Waals surface area (Å²) in [6.07, 6.45) is 0. The monoisotopic (exact) mass is 450 g/mol. The number of hydrogen-bond donors (Lipinski definition) is 0. The van der Waals surface area contributed by atoms with Crippen LogP contribution in [-0.4, -0.2) is 55.7 Å². The van der Waals surface area contributed by atoms with E-state index in [1.807, 2.05) is 30.3 Å². The van der Waals surface area contributed by atoms with Gasteiger partial charge in [-0.15, -0.1) is 0 Å². The second-order valence-electron chi connectivity index (χ2n) is 6.70. The Balaban J connectivity index is 2.12. The highest BCUT2D eigenvalue weighted by Crippen LogP contribution is 2.20. The molecule has 0 N–H and O–H groups in total. The second-order valence-corrected chi connectivity index (χ2v) is 8.64. The molecule has 2 aromatic carbocycles. The summed E-state index contributed by atoms with van der Waals surface area (Å²) in [4.78, 5) is 26.1. The van der Waals surface area contributed by atoms with Gasteiger partial charge in [-0.2, -0.15) is 4.31 Å². The standard InChI is InChI=1S/C22H27FN2O5S/c1-4-24(15-17-10-8-7-9-11-17)21(26)16-30-22(27)19-14-18(12-13-20(19)23)31(28,29)25(5-2)6-3/h7-14H,4-6,15-16H2,1-3H3. The topological polar surface area (TPSA) is 84.0 Å². The molecule has 9 heteroatoms. The number of halogens is 1. The number of carbonyl (C=O) groups is 2. The fourth-order valence-corrected chi connectivity index (χ4v) is 4.50. The summed E-state index contributed by atoms with van der Waals surface area (Å²) in [5.41, 5.74) is 0.386. The molecule has 2 rings (SSSR count). The molecule has 0 aromatic heterocycles. The Morgan fingerprint density at radius 3 is 2.19 bits per heavy atom. The Hall–Kier alpha value is -2.78. The van der Waals surface area contributed by atoms with Gasteiger partial charge in [-0.3, -0.25) is 4.79 Å². The normalized spacial score (nSPS) is 11.4. The van der Waals surface area contributed by atoms with Crippen molar-refractivity contribution in [3.8, 4) is 0 Å². The van der Waals surface area contributed by atoms with Crippen LogP contribution in [0.5, 0.6) is 0 Å². The molecule has 0 aliphatic carbocycles. The van der Waals surface area contributed by atoms with Gasteiger partial charge in [0.1, 0.15) is 5.82 Å². The smallest absolute Gasteiger partial charge is 0.341 e. The van der Waals surface area contributed by atoms with E-state index in [9.17, 15) is 22.4 Å². The van der Waals surface area contributed by atoms with Crippen LogP contribution in [0.1, 0.15) is 36.7 Å². The van der Waals surface area contributed by atoms with Crippen molar-refractivity contribution in [2.75, 3.05) is 26.2 Å². The van der Waals surface area contributed by atoms with E-state index in [1.165, 1.54) is 9.21 Å². The van der Waals surface area contributed by atoms with Crippen LogP contribution in [-0.2, 0) is 26.1 Å². The maximum atomic E-state index is 14.2. The van der Waals surface area contributed by atoms with Crippen LogP contribution < -0.4 is 0 Å². The van der Waals surface area contributed by atoms with E-state index in [0.29, 0.717) is 13.1 Å². The van der Waals surface area contributed by atoms with Crippen LogP contribution in [0.4, 0.5) is 4.39 Å². The Morgan fingerprint density at radius 1 is 0.968 bits per heavy atom. The van der Waals surface area contributed by atoms with Gasteiger partial charge in [-0.1, -0.05) is 44.2 Å². The van der Waals surface area contributed by atoms with E-state index in [2.05, 4.69) is 0 Å². The van der Waals surface area contributed by atoms with Crippen molar-refractivity contribution in [3.63, 3.8) is 0 Å². The summed E-state index contributed by atoms with van der Waals surface area (Å²) in [6, 6.07) is 12.3. The summed E-state index contributed by atoms with van der Waals surface area (Å²) in [5.74, 6) is -2.46. The molecule has 0 aliphatic rings. The van der Waals surface area contributed by atoms with Crippen LogP contribution in [0.15, 0.2) is 53.4 Å². The number of esters is 1. The quantitative estimate of drug-likeness (QED) is 0.520. The Morgan fingerprint density at radius 2 is 1.61 bits per heavy atom. The van der Waals surface area contributed by atoms with E-state index in [-0.39, 0.29) is 18.0 Å². The number of ether oxygens (including phenoxy) is 1. The zero-order valence-electron chi connectivity index (χ0n) is 17.9. The third-order valence-electron chi connectivity index (χ3n) is 4.78. The average Bonchev–Trinajstić information content (AvgIpc) is 2.77. The maximum absolute atomic E-state index is 14.2. The zero-order valence-corrected chi connectivity index (χ0v) is 18.7. The SMILES string of the molecule is CCN(Cc1ccccc1)C(=O)COC(=O)c1cc(S(=O)(=O)N(CC)CC)ccc1F. The summed E-state index contributed by atoms with van der Waals surface area (Å²) in [6.45, 7) is 5.80. The van der Waals surface area contributed by atoms with E-state index in [4.69, 9.17) is 4.74 Å². The average molecular weight is 451 g/mol. The van der Waals surface area contributed by atoms with Gasteiger partial charge in [0, 0.05) is 26.2 Å². The molecule has 0 fully saturated rings. The first-order chi connectivity index (χ1) is 14.7. The number of benzene rings is 2. The van der Waals surface area contributed by atoms with Crippen LogP contribution >= 0.6 is 0 Å². The molecule has 0 saturated carbocycles. The van der Waals surface area contributed by atoms with Crippen LogP contribution in [0.3, 0.4) is 0 Å². The first-order valence-corrected chi connectivity index (χ1v) is 11.5. The third kappa shape index (κ3) is 6.11. The van der Waals surface area contributed by atoms with Gasteiger partial charge in [-0.05, 0) is 30.7 Å². The molecule has 0 atom stereocenters. The number of rotatable bonds is 10. The summed E-state index contributed by atoms with van der Waals surface area (Å²) >= 11 is 0. The minimum absolute atomic E-state index is 0.213. The molecule has 2 aromatic rings. The predicted octanol–water partition coefficient (Wildman–Crippen LogP) is 3.06. The van der Waals surface area contributed by atoms with Gasteiger partial charge >= 0.3 is 5.97 Å². The van der Waals surface area contributed by atoms with Crippen molar-refractivity contribution in [1.82, 2.24) is 9.21 Å². The number of sulfonamides is 1. The highest BCUT2D eigenvalue weighted by atomic mass is 32.2. The van der Waals surface area contributed by atoms with Crippen molar-refractivity contribution in [2.45, 2.75) is 32.2 Å². The number of carbonyl (C=O) groups excluding carboxylic acids is 2. The lowest BCUT2D eigenvalue weighted by Gasteiger charge is -2.21. The first-order valence-electron chi connectivity index (χ1n) is 10.0. The molecule has 0 heterocycles. The third-order valence-corrected chi connectivity index (χ3v) is 6.82. The van der Waals surface area contributed by atoms with Gasteiger partial charge in [0.2, 0.25) is 10.0 Å². The van der Waals surface area contributed by atoms with E-state index in [0.717, 1.165) is 23.8 Å². The molecule has 0 aliphatic heterocycles.